The van der Waals surface area contributed by atoms with Gasteiger partial charge in [0.05, 0.1) is 11.1 Å². The molecule has 5 nitrogen and oxygen atoms in total. The van der Waals surface area contributed by atoms with Crippen LogP contribution < -0.4 is 11.1 Å². The molecular formula is C23H23N3O2. The van der Waals surface area contributed by atoms with Gasteiger partial charge in [0.2, 0.25) is 5.91 Å². The summed E-state index contributed by atoms with van der Waals surface area (Å²) in [6, 6.07) is 9.60. The summed E-state index contributed by atoms with van der Waals surface area (Å²) in [5.74, 6) is -0.674. The second kappa shape index (κ2) is 7.00. The Balaban J connectivity index is 1.98. The van der Waals surface area contributed by atoms with Gasteiger partial charge in [-0.25, -0.2) is 0 Å². The fourth-order valence-electron chi connectivity index (χ4n) is 4.19. The van der Waals surface area contributed by atoms with E-state index >= 15 is 0 Å². The summed E-state index contributed by atoms with van der Waals surface area (Å²) >= 11 is 0. The van der Waals surface area contributed by atoms with Crippen molar-refractivity contribution in [1.29, 1.82) is 0 Å². The van der Waals surface area contributed by atoms with E-state index in [1.54, 1.807) is 6.07 Å². The lowest BCUT2D eigenvalue weighted by molar-refractivity contribution is -0.111. The Morgan fingerprint density at radius 3 is 2.68 bits per heavy atom. The van der Waals surface area contributed by atoms with Crippen LogP contribution in [0.3, 0.4) is 0 Å². The lowest BCUT2D eigenvalue weighted by Gasteiger charge is -2.16. The van der Waals surface area contributed by atoms with Gasteiger partial charge >= 0.3 is 0 Å². The molecule has 0 atom stereocenters. The first kappa shape index (κ1) is 18.0. The molecule has 0 bridgehead atoms. The minimum absolute atomic E-state index is 0.242. The minimum atomic E-state index is -0.432. The lowest BCUT2D eigenvalue weighted by Crippen LogP contribution is -2.11. The molecule has 0 saturated heterocycles. The number of aromatic nitrogens is 1. The van der Waals surface area contributed by atoms with Crippen LogP contribution in [-0.2, 0) is 17.6 Å². The molecule has 2 amide bonds. The fraction of sp³-hybridized carbons (Fsp3) is 0.217. The molecule has 0 radical (unpaired) electrons. The van der Waals surface area contributed by atoms with Gasteiger partial charge in [0.15, 0.2) is 0 Å². The fourth-order valence-corrected chi connectivity index (χ4v) is 4.19. The van der Waals surface area contributed by atoms with Crippen LogP contribution in [0.5, 0.6) is 0 Å². The first-order valence-corrected chi connectivity index (χ1v) is 9.51. The molecule has 1 heterocycles. The van der Waals surface area contributed by atoms with Crippen molar-refractivity contribution in [1.82, 2.24) is 4.98 Å². The number of carbonyl (C=O) groups excluding carboxylic acids is 2. The average molecular weight is 373 g/mol. The first-order valence-electron chi connectivity index (χ1n) is 9.51. The highest BCUT2D eigenvalue weighted by Crippen LogP contribution is 2.40. The Bertz CT molecular complexity index is 1120. The van der Waals surface area contributed by atoms with Crippen molar-refractivity contribution in [2.75, 3.05) is 5.32 Å². The van der Waals surface area contributed by atoms with Crippen LogP contribution in [0.25, 0.3) is 22.0 Å². The van der Waals surface area contributed by atoms with Gasteiger partial charge in [0, 0.05) is 16.8 Å². The van der Waals surface area contributed by atoms with Gasteiger partial charge in [-0.1, -0.05) is 24.8 Å². The summed E-state index contributed by atoms with van der Waals surface area (Å²) < 4.78 is 0. The number of hydrogen-bond acceptors (Lipinski definition) is 2. The molecule has 0 fully saturated rings. The number of amides is 2. The molecule has 28 heavy (non-hydrogen) atoms. The van der Waals surface area contributed by atoms with E-state index in [9.17, 15) is 9.59 Å². The Kier molecular flexibility index (Phi) is 4.51. The van der Waals surface area contributed by atoms with E-state index in [0.717, 1.165) is 59.0 Å². The van der Waals surface area contributed by atoms with Crippen molar-refractivity contribution in [3.63, 3.8) is 0 Å². The molecule has 1 aliphatic carbocycles. The Morgan fingerprint density at radius 2 is 1.93 bits per heavy atom. The first-order chi connectivity index (χ1) is 13.5. The number of H-pyrrole nitrogens is 1. The highest BCUT2D eigenvalue weighted by Gasteiger charge is 2.22. The lowest BCUT2D eigenvalue weighted by atomic mass is 9.89. The molecular weight excluding hydrogens is 350 g/mol. The third-order valence-electron chi connectivity index (χ3n) is 5.58. The predicted molar refractivity (Wildman–Crippen MR) is 112 cm³/mol. The molecule has 0 unspecified atom stereocenters. The number of aromatic amines is 1. The van der Waals surface area contributed by atoms with Crippen molar-refractivity contribution < 1.29 is 9.59 Å². The number of aryl methyl sites for hydroxylation is 2. The molecule has 3 aromatic rings. The van der Waals surface area contributed by atoms with Crippen LogP contribution in [-0.4, -0.2) is 16.8 Å². The quantitative estimate of drug-likeness (QED) is 0.597. The number of rotatable bonds is 4. The molecule has 2 aromatic carbocycles. The zero-order valence-electron chi connectivity index (χ0n) is 15.9. The highest BCUT2D eigenvalue weighted by atomic mass is 16.1. The van der Waals surface area contributed by atoms with Crippen LogP contribution in [0.1, 0.15) is 40.0 Å². The van der Waals surface area contributed by atoms with E-state index in [1.165, 1.54) is 17.3 Å². The normalized spacial score (nSPS) is 13.2. The van der Waals surface area contributed by atoms with Crippen molar-refractivity contribution in [2.24, 2.45) is 5.73 Å². The van der Waals surface area contributed by atoms with Gasteiger partial charge in [0.25, 0.3) is 5.91 Å². The number of nitrogens with two attached hydrogens (primary N) is 1. The Labute approximate surface area is 163 Å². The van der Waals surface area contributed by atoms with Gasteiger partial charge in [0.1, 0.15) is 0 Å². The molecule has 4 N–H and O–H groups in total. The van der Waals surface area contributed by atoms with E-state index in [0.29, 0.717) is 5.56 Å². The van der Waals surface area contributed by atoms with Gasteiger partial charge in [-0.3, -0.25) is 9.59 Å². The number of benzene rings is 2. The second-order valence-corrected chi connectivity index (χ2v) is 7.24. The van der Waals surface area contributed by atoms with Crippen molar-refractivity contribution in [3.8, 4) is 11.1 Å². The SMILES string of the molecule is C=CC(=O)Nc1cccc(-c2ccc(C(N)=O)c3[nH]c4c(c23)CCCC4)c1C. The largest absolute Gasteiger partial charge is 0.366 e. The summed E-state index contributed by atoms with van der Waals surface area (Å²) in [6.45, 7) is 5.50. The topological polar surface area (TPSA) is 88.0 Å². The van der Waals surface area contributed by atoms with Crippen LogP contribution in [0.2, 0.25) is 0 Å². The third kappa shape index (κ3) is 2.89. The summed E-state index contributed by atoms with van der Waals surface area (Å²) in [4.78, 5) is 27.2. The molecule has 142 valence electrons. The zero-order chi connectivity index (χ0) is 19.8. The number of anilines is 1. The summed E-state index contributed by atoms with van der Waals surface area (Å²) in [5, 5.41) is 3.94. The average Bonchev–Trinajstić information content (AvgIpc) is 3.08. The molecule has 1 aliphatic rings. The van der Waals surface area contributed by atoms with Crippen molar-refractivity contribution in [2.45, 2.75) is 32.6 Å². The van der Waals surface area contributed by atoms with Crippen LogP contribution >= 0.6 is 0 Å². The van der Waals surface area contributed by atoms with Gasteiger partial charge in [-0.2, -0.15) is 0 Å². The molecule has 5 heteroatoms. The summed E-state index contributed by atoms with van der Waals surface area (Å²) in [7, 11) is 0. The van der Waals surface area contributed by atoms with E-state index < -0.39 is 5.91 Å². The van der Waals surface area contributed by atoms with Crippen LogP contribution in [0.4, 0.5) is 5.69 Å². The smallest absolute Gasteiger partial charge is 0.250 e. The van der Waals surface area contributed by atoms with Crippen LogP contribution in [0, 0.1) is 6.92 Å². The van der Waals surface area contributed by atoms with Gasteiger partial charge in [-0.05, 0) is 73.1 Å². The Morgan fingerprint density at radius 1 is 1.14 bits per heavy atom. The number of hydrogen-bond donors (Lipinski definition) is 3. The monoisotopic (exact) mass is 373 g/mol. The third-order valence-corrected chi connectivity index (χ3v) is 5.58. The van der Waals surface area contributed by atoms with Crippen molar-refractivity contribution >= 4 is 28.4 Å². The summed E-state index contributed by atoms with van der Waals surface area (Å²) in [5.41, 5.74) is 13.2. The number of carbonyl (C=O) groups is 2. The highest BCUT2D eigenvalue weighted by molar-refractivity contribution is 6.11. The van der Waals surface area contributed by atoms with E-state index in [-0.39, 0.29) is 5.91 Å². The number of nitrogens with one attached hydrogen (secondary N) is 2. The van der Waals surface area contributed by atoms with E-state index in [2.05, 4.69) is 16.9 Å². The molecule has 1 aromatic heterocycles. The van der Waals surface area contributed by atoms with Crippen molar-refractivity contribution in [3.05, 3.63) is 65.4 Å². The van der Waals surface area contributed by atoms with Gasteiger partial charge < -0.3 is 16.0 Å². The maximum Gasteiger partial charge on any atom is 0.250 e. The second-order valence-electron chi connectivity index (χ2n) is 7.24. The zero-order valence-corrected chi connectivity index (χ0v) is 15.9. The number of fused-ring (bicyclic) bond motifs is 3. The molecule has 0 spiro atoms. The standard InChI is InChI=1S/C23H23N3O2/c1-3-20(27)25-18-10-6-8-14(13(18)2)15-11-12-17(23(24)28)22-21(15)16-7-4-5-9-19(16)26-22/h3,6,8,10-12,26H,1,4-5,7,9H2,2H3,(H2,24,28)(H,25,27). The maximum atomic E-state index is 12.0. The molecule has 4 rings (SSSR count). The Hall–Kier alpha value is -3.34. The minimum Gasteiger partial charge on any atom is -0.366 e. The maximum absolute atomic E-state index is 12.0. The predicted octanol–water partition coefficient (Wildman–Crippen LogP) is 4.25. The number of primary amides is 1. The van der Waals surface area contributed by atoms with Gasteiger partial charge in [-0.15, -0.1) is 0 Å². The van der Waals surface area contributed by atoms with E-state index in [1.807, 2.05) is 31.2 Å². The molecule has 0 saturated carbocycles. The molecule has 0 aliphatic heterocycles. The summed E-state index contributed by atoms with van der Waals surface area (Å²) in [6.07, 6.45) is 5.50. The van der Waals surface area contributed by atoms with Crippen LogP contribution in [0.15, 0.2) is 43.0 Å². The van der Waals surface area contributed by atoms with E-state index in [4.69, 9.17) is 5.73 Å².